The van der Waals surface area contributed by atoms with Gasteiger partial charge in [0.1, 0.15) is 5.60 Å². The molecule has 0 aromatic carbocycles. The number of hydroxylamine groups is 2. The third kappa shape index (κ3) is 5.69. The first-order valence-corrected chi connectivity index (χ1v) is 6.93. The molecule has 0 saturated heterocycles. The van der Waals surface area contributed by atoms with Gasteiger partial charge in [-0.3, -0.25) is 14.6 Å². The van der Waals surface area contributed by atoms with Crippen LogP contribution in [0.4, 0.5) is 4.79 Å². The number of aromatic nitrogens is 1. The summed E-state index contributed by atoms with van der Waals surface area (Å²) in [6.45, 7) is 5.41. The number of nitrogens with zero attached hydrogens (tertiary/aromatic N) is 2. The number of alkyl carbamates (subject to hydrolysis) is 1. The van der Waals surface area contributed by atoms with Crippen LogP contribution in [0.15, 0.2) is 24.5 Å². The van der Waals surface area contributed by atoms with Gasteiger partial charge in [-0.1, -0.05) is 6.07 Å². The Labute approximate surface area is 130 Å². The van der Waals surface area contributed by atoms with Crippen molar-refractivity contribution >= 4 is 12.0 Å². The molecule has 0 aliphatic rings. The van der Waals surface area contributed by atoms with Crippen molar-refractivity contribution < 1.29 is 19.2 Å². The van der Waals surface area contributed by atoms with Crippen LogP contribution in [0.1, 0.15) is 32.3 Å². The van der Waals surface area contributed by atoms with E-state index in [-0.39, 0.29) is 12.5 Å². The highest BCUT2D eigenvalue weighted by Crippen LogP contribution is 2.17. The minimum Gasteiger partial charge on any atom is -0.444 e. The van der Waals surface area contributed by atoms with Crippen molar-refractivity contribution in [2.24, 2.45) is 0 Å². The van der Waals surface area contributed by atoms with Gasteiger partial charge in [0.2, 0.25) is 0 Å². The van der Waals surface area contributed by atoms with Gasteiger partial charge < -0.3 is 10.1 Å². The van der Waals surface area contributed by atoms with Crippen LogP contribution in [-0.4, -0.2) is 48.4 Å². The molecule has 7 heteroatoms. The SMILES string of the molecule is CON(C)C(=O)C(CNC(=O)OC(C)(C)C)c1cccnc1. The summed E-state index contributed by atoms with van der Waals surface area (Å²) in [7, 11) is 2.92. The summed E-state index contributed by atoms with van der Waals surface area (Å²) in [6, 6.07) is 3.51. The smallest absolute Gasteiger partial charge is 0.407 e. The zero-order valence-corrected chi connectivity index (χ0v) is 13.6. The van der Waals surface area contributed by atoms with Crippen molar-refractivity contribution in [3.63, 3.8) is 0 Å². The van der Waals surface area contributed by atoms with Crippen LogP contribution in [0.5, 0.6) is 0 Å². The Kier molecular flexibility index (Phi) is 6.30. The monoisotopic (exact) mass is 309 g/mol. The summed E-state index contributed by atoms with van der Waals surface area (Å²) in [6.07, 6.45) is 2.63. The van der Waals surface area contributed by atoms with E-state index >= 15 is 0 Å². The summed E-state index contributed by atoms with van der Waals surface area (Å²) in [5.41, 5.74) is 0.0914. The highest BCUT2D eigenvalue weighted by atomic mass is 16.7. The Hall–Kier alpha value is -2.15. The molecule has 122 valence electrons. The van der Waals surface area contributed by atoms with Gasteiger partial charge in [0.05, 0.1) is 13.0 Å². The Balaban J connectivity index is 2.80. The third-order valence-corrected chi connectivity index (χ3v) is 2.82. The van der Waals surface area contributed by atoms with Gasteiger partial charge in [0, 0.05) is 26.0 Å². The molecule has 0 aliphatic heterocycles. The number of ether oxygens (including phenoxy) is 1. The maximum absolute atomic E-state index is 12.4. The fourth-order valence-electron chi connectivity index (χ4n) is 1.74. The zero-order chi connectivity index (χ0) is 16.8. The Morgan fingerprint density at radius 1 is 1.41 bits per heavy atom. The highest BCUT2D eigenvalue weighted by Gasteiger charge is 2.26. The van der Waals surface area contributed by atoms with Crippen molar-refractivity contribution in [2.75, 3.05) is 20.7 Å². The second-order valence-electron chi connectivity index (χ2n) is 5.74. The van der Waals surface area contributed by atoms with Crippen LogP contribution < -0.4 is 5.32 Å². The first kappa shape index (κ1) is 17.9. The molecule has 1 heterocycles. The van der Waals surface area contributed by atoms with E-state index in [1.54, 1.807) is 45.3 Å². The number of carbonyl (C=O) groups excluding carboxylic acids is 2. The molecule has 0 bridgehead atoms. The van der Waals surface area contributed by atoms with E-state index in [1.165, 1.54) is 14.2 Å². The second-order valence-corrected chi connectivity index (χ2v) is 5.74. The summed E-state index contributed by atoms with van der Waals surface area (Å²) >= 11 is 0. The number of hydrogen-bond donors (Lipinski definition) is 1. The van der Waals surface area contributed by atoms with Crippen LogP contribution in [-0.2, 0) is 14.4 Å². The lowest BCUT2D eigenvalue weighted by atomic mass is 10.00. The Morgan fingerprint density at radius 3 is 2.59 bits per heavy atom. The minimum absolute atomic E-state index is 0.0904. The van der Waals surface area contributed by atoms with Crippen molar-refractivity contribution in [1.29, 1.82) is 0 Å². The van der Waals surface area contributed by atoms with Gasteiger partial charge in [-0.05, 0) is 32.4 Å². The maximum Gasteiger partial charge on any atom is 0.407 e. The number of carbonyl (C=O) groups is 2. The van der Waals surface area contributed by atoms with Crippen LogP contribution in [0.2, 0.25) is 0 Å². The number of pyridine rings is 1. The predicted octanol–water partition coefficient (Wildman–Crippen LogP) is 1.71. The molecular weight excluding hydrogens is 286 g/mol. The normalized spacial score (nSPS) is 12.4. The zero-order valence-electron chi connectivity index (χ0n) is 13.6. The molecule has 1 unspecified atom stereocenters. The number of rotatable bonds is 5. The Bertz CT molecular complexity index is 499. The molecule has 0 radical (unpaired) electrons. The van der Waals surface area contributed by atoms with E-state index in [0.717, 1.165) is 5.06 Å². The van der Waals surface area contributed by atoms with Crippen molar-refractivity contribution in [3.05, 3.63) is 30.1 Å². The van der Waals surface area contributed by atoms with Gasteiger partial charge in [0.25, 0.3) is 5.91 Å². The van der Waals surface area contributed by atoms with Crippen LogP contribution in [0, 0.1) is 0 Å². The van der Waals surface area contributed by atoms with E-state index in [4.69, 9.17) is 9.57 Å². The van der Waals surface area contributed by atoms with E-state index < -0.39 is 17.6 Å². The number of amides is 2. The molecule has 22 heavy (non-hydrogen) atoms. The maximum atomic E-state index is 12.4. The largest absolute Gasteiger partial charge is 0.444 e. The van der Waals surface area contributed by atoms with Crippen LogP contribution in [0.3, 0.4) is 0 Å². The average molecular weight is 309 g/mol. The molecule has 7 nitrogen and oxygen atoms in total. The lowest BCUT2D eigenvalue weighted by Crippen LogP contribution is -2.40. The molecular formula is C15H23N3O4. The van der Waals surface area contributed by atoms with Gasteiger partial charge in [-0.15, -0.1) is 0 Å². The lowest BCUT2D eigenvalue weighted by Gasteiger charge is -2.24. The summed E-state index contributed by atoms with van der Waals surface area (Å²) in [5.74, 6) is -0.891. The predicted molar refractivity (Wildman–Crippen MR) is 81.0 cm³/mol. The first-order valence-electron chi connectivity index (χ1n) is 6.93. The van der Waals surface area contributed by atoms with Crippen LogP contribution in [0.25, 0.3) is 0 Å². The Morgan fingerprint density at radius 2 is 2.09 bits per heavy atom. The molecule has 0 aliphatic carbocycles. The molecule has 1 aromatic rings. The second kappa shape index (κ2) is 7.74. The number of hydrogen-bond acceptors (Lipinski definition) is 5. The molecule has 1 rings (SSSR count). The molecule has 1 N–H and O–H groups in total. The fraction of sp³-hybridized carbons (Fsp3) is 0.533. The van der Waals surface area contributed by atoms with Crippen molar-refractivity contribution in [3.8, 4) is 0 Å². The molecule has 1 aromatic heterocycles. The van der Waals surface area contributed by atoms with Gasteiger partial charge in [-0.25, -0.2) is 9.86 Å². The van der Waals surface area contributed by atoms with Gasteiger partial charge in [0.15, 0.2) is 0 Å². The van der Waals surface area contributed by atoms with Gasteiger partial charge >= 0.3 is 6.09 Å². The first-order chi connectivity index (χ1) is 10.2. The fourth-order valence-corrected chi connectivity index (χ4v) is 1.74. The number of likely N-dealkylation sites (N-methyl/N-ethyl adjacent to an activating group) is 1. The molecule has 0 spiro atoms. The van der Waals surface area contributed by atoms with E-state index in [2.05, 4.69) is 10.3 Å². The quantitative estimate of drug-likeness (QED) is 0.837. The minimum atomic E-state index is -0.605. The molecule has 2 amide bonds. The summed E-state index contributed by atoms with van der Waals surface area (Å²) < 4.78 is 5.17. The van der Waals surface area contributed by atoms with Gasteiger partial charge in [-0.2, -0.15) is 0 Å². The van der Waals surface area contributed by atoms with Crippen molar-refractivity contribution in [2.45, 2.75) is 32.3 Å². The highest BCUT2D eigenvalue weighted by molar-refractivity contribution is 5.83. The van der Waals surface area contributed by atoms with E-state index in [0.29, 0.717) is 5.56 Å². The standard InChI is InChI=1S/C15H23N3O4/c1-15(2,3)22-14(20)17-10-12(13(19)18(4)21-5)11-7-6-8-16-9-11/h6-9,12H,10H2,1-5H3,(H,17,20). The third-order valence-electron chi connectivity index (χ3n) is 2.82. The van der Waals surface area contributed by atoms with Crippen LogP contribution >= 0.6 is 0 Å². The summed E-state index contributed by atoms with van der Waals surface area (Å²) in [4.78, 5) is 33.0. The summed E-state index contributed by atoms with van der Waals surface area (Å²) in [5, 5.41) is 3.73. The lowest BCUT2D eigenvalue weighted by molar-refractivity contribution is -0.170. The molecule has 1 atom stereocenters. The molecule has 0 saturated carbocycles. The topological polar surface area (TPSA) is 80.8 Å². The number of nitrogens with one attached hydrogen (secondary N) is 1. The van der Waals surface area contributed by atoms with Crippen molar-refractivity contribution in [1.82, 2.24) is 15.4 Å². The van der Waals surface area contributed by atoms with E-state index in [9.17, 15) is 9.59 Å². The van der Waals surface area contributed by atoms with E-state index in [1.807, 2.05) is 0 Å². The molecule has 0 fully saturated rings. The average Bonchev–Trinajstić information content (AvgIpc) is 2.45.